The van der Waals surface area contributed by atoms with Crippen LogP contribution in [0.3, 0.4) is 0 Å². The molecule has 1 aliphatic heterocycles. The zero-order valence-electron chi connectivity index (χ0n) is 13.5. The molecule has 1 saturated heterocycles. The Morgan fingerprint density at radius 1 is 1.05 bits per heavy atom. The summed E-state index contributed by atoms with van der Waals surface area (Å²) in [7, 11) is 0. The molecule has 120 valence electrons. The van der Waals surface area contributed by atoms with Gasteiger partial charge in [0.05, 0.1) is 0 Å². The summed E-state index contributed by atoms with van der Waals surface area (Å²) in [6.45, 7) is 8.63. The van der Waals surface area contributed by atoms with Gasteiger partial charge in [-0.05, 0) is 51.1 Å². The van der Waals surface area contributed by atoms with Gasteiger partial charge in [-0.25, -0.2) is 0 Å². The molecule has 0 atom stereocenters. The monoisotopic (exact) mass is 303 g/mol. The zero-order chi connectivity index (χ0) is 15.9. The molecule has 1 aromatic rings. The van der Waals surface area contributed by atoms with E-state index in [2.05, 4.69) is 5.32 Å². The fourth-order valence-corrected chi connectivity index (χ4v) is 2.68. The smallest absolute Gasteiger partial charge is 0.253 e. The topological polar surface area (TPSA) is 52.7 Å². The molecule has 0 unspecified atom stereocenters. The van der Waals surface area contributed by atoms with E-state index < -0.39 is 0 Å². The molecule has 0 aliphatic carbocycles. The number of nitrogens with zero attached hydrogens (tertiary/aromatic N) is 2. The Bertz CT molecular complexity index is 501. The first kappa shape index (κ1) is 16.5. The zero-order valence-corrected chi connectivity index (χ0v) is 13.5. The second-order valence-corrected chi connectivity index (χ2v) is 5.45. The van der Waals surface area contributed by atoms with Crippen LogP contribution in [0, 0.1) is 0 Å². The number of benzene rings is 1. The van der Waals surface area contributed by atoms with Crippen molar-refractivity contribution in [2.45, 2.75) is 20.3 Å². The van der Waals surface area contributed by atoms with E-state index in [9.17, 15) is 9.59 Å². The van der Waals surface area contributed by atoms with Crippen LogP contribution in [-0.2, 0) is 0 Å². The van der Waals surface area contributed by atoms with Crippen LogP contribution >= 0.6 is 0 Å². The normalized spacial score (nSPS) is 15.3. The molecule has 1 fully saturated rings. The summed E-state index contributed by atoms with van der Waals surface area (Å²) >= 11 is 0. The van der Waals surface area contributed by atoms with Crippen molar-refractivity contribution >= 4 is 11.8 Å². The minimum atomic E-state index is 0.0166. The quantitative estimate of drug-likeness (QED) is 0.919. The first-order valence-electron chi connectivity index (χ1n) is 8.06. The Hall–Kier alpha value is -1.88. The van der Waals surface area contributed by atoms with Crippen LogP contribution in [0.15, 0.2) is 24.3 Å². The highest BCUT2D eigenvalue weighted by Crippen LogP contribution is 2.11. The maximum absolute atomic E-state index is 12.5. The summed E-state index contributed by atoms with van der Waals surface area (Å²) in [5.41, 5.74) is 1.29. The number of rotatable bonds is 4. The van der Waals surface area contributed by atoms with Gasteiger partial charge in [0.15, 0.2) is 0 Å². The maximum atomic E-state index is 12.5. The second-order valence-electron chi connectivity index (χ2n) is 5.45. The van der Waals surface area contributed by atoms with Gasteiger partial charge < -0.3 is 15.1 Å². The van der Waals surface area contributed by atoms with Crippen molar-refractivity contribution in [2.24, 2.45) is 0 Å². The Morgan fingerprint density at radius 2 is 1.68 bits per heavy atom. The average molecular weight is 303 g/mol. The lowest BCUT2D eigenvalue weighted by Crippen LogP contribution is -2.34. The van der Waals surface area contributed by atoms with E-state index in [0.717, 1.165) is 32.6 Å². The van der Waals surface area contributed by atoms with Gasteiger partial charge in [0.25, 0.3) is 11.8 Å². The molecule has 5 nitrogen and oxygen atoms in total. The number of carbonyl (C=O) groups is 2. The van der Waals surface area contributed by atoms with E-state index in [4.69, 9.17) is 0 Å². The summed E-state index contributed by atoms with van der Waals surface area (Å²) in [6, 6.07) is 7.03. The van der Waals surface area contributed by atoms with Crippen molar-refractivity contribution in [3.63, 3.8) is 0 Å². The van der Waals surface area contributed by atoms with E-state index in [1.54, 1.807) is 29.2 Å². The molecule has 1 aromatic carbocycles. The van der Waals surface area contributed by atoms with Crippen molar-refractivity contribution in [1.82, 2.24) is 15.1 Å². The minimum Gasteiger partial charge on any atom is -0.339 e. The largest absolute Gasteiger partial charge is 0.339 e. The molecular formula is C17H25N3O2. The third-order valence-electron chi connectivity index (χ3n) is 4.06. The molecule has 1 N–H and O–H groups in total. The number of carbonyl (C=O) groups excluding carboxylic acids is 2. The van der Waals surface area contributed by atoms with Crippen molar-refractivity contribution in [1.29, 1.82) is 0 Å². The third kappa shape index (κ3) is 3.85. The molecule has 22 heavy (non-hydrogen) atoms. The fourth-order valence-electron chi connectivity index (χ4n) is 2.68. The SMILES string of the molecule is CCN(CC)C(=O)c1ccc(C(=O)N2CCCNCC2)cc1. The summed E-state index contributed by atoms with van der Waals surface area (Å²) in [6.07, 6.45) is 0.976. The van der Waals surface area contributed by atoms with E-state index in [1.165, 1.54) is 0 Å². The standard InChI is InChI=1S/C17H25N3O2/c1-3-19(4-2)16(21)14-6-8-15(9-7-14)17(22)20-12-5-10-18-11-13-20/h6-9,18H,3-5,10-13H2,1-2H3. The molecule has 1 heterocycles. The maximum Gasteiger partial charge on any atom is 0.253 e. The summed E-state index contributed by atoms with van der Waals surface area (Å²) in [5, 5.41) is 3.29. The molecule has 2 rings (SSSR count). The first-order chi connectivity index (χ1) is 10.7. The summed E-state index contributed by atoms with van der Waals surface area (Å²) in [5.74, 6) is 0.0634. The van der Waals surface area contributed by atoms with Crippen LogP contribution in [0.2, 0.25) is 0 Å². The highest BCUT2D eigenvalue weighted by molar-refractivity contribution is 5.97. The summed E-state index contributed by atoms with van der Waals surface area (Å²) < 4.78 is 0. The molecule has 0 spiro atoms. The number of amides is 2. The highest BCUT2D eigenvalue weighted by atomic mass is 16.2. The van der Waals surface area contributed by atoms with Crippen LogP contribution in [0.5, 0.6) is 0 Å². The summed E-state index contributed by atoms with van der Waals surface area (Å²) in [4.78, 5) is 28.4. The highest BCUT2D eigenvalue weighted by Gasteiger charge is 2.18. The van der Waals surface area contributed by atoms with Gasteiger partial charge >= 0.3 is 0 Å². The van der Waals surface area contributed by atoms with E-state index in [1.807, 2.05) is 18.7 Å². The molecule has 0 saturated carbocycles. The third-order valence-corrected chi connectivity index (χ3v) is 4.06. The van der Waals surface area contributed by atoms with Gasteiger partial charge in [0, 0.05) is 43.9 Å². The van der Waals surface area contributed by atoms with Crippen LogP contribution in [0.25, 0.3) is 0 Å². The molecule has 2 amide bonds. The lowest BCUT2D eigenvalue weighted by Gasteiger charge is -2.21. The van der Waals surface area contributed by atoms with Crippen molar-refractivity contribution < 1.29 is 9.59 Å². The van der Waals surface area contributed by atoms with Gasteiger partial charge in [0.1, 0.15) is 0 Å². The van der Waals surface area contributed by atoms with E-state index in [-0.39, 0.29) is 11.8 Å². The van der Waals surface area contributed by atoms with Crippen LogP contribution in [0.1, 0.15) is 41.0 Å². The average Bonchev–Trinajstić information content (AvgIpc) is 2.84. The molecule has 0 aromatic heterocycles. The number of nitrogens with one attached hydrogen (secondary N) is 1. The predicted molar refractivity (Wildman–Crippen MR) is 87.1 cm³/mol. The van der Waals surface area contributed by atoms with Crippen molar-refractivity contribution in [2.75, 3.05) is 39.3 Å². The second kappa shape index (κ2) is 7.94. The first-order valence-corrected chi connectivity index (χ1v) is 8.06. The van der Waals surface area contributed by atoms with Gasteiger partial charge in [0.2, 0.25) is 0 Å². The molecular weight excluding hydrogens is 278 g/mol. The van der Waals surface area contributed by atoms with E-state index in [0.29, 0.717) is 24.2 Å². The Balaban J connectivity index is 2.07. The molecule has 0 bridgehead atoms. The van der Waals surface area contributed by atoms with Gasteiger partial charge in [-0.1, -0.05) is 0 Å². The Labute approximate surface area is 132 Å². The Morgan fingerprint density at radius 3 is 2.32 bits per heavy atom. The van der Waals surface area contributed by atoms with Gasteiger partial charge in [-0.15, -0.1) is 0 Å². The van der Waals surface area contributed by atoms with Crippen LogP contribution < -0.4 is 5.32 Å². The molecule has 0 radical (unpaired) electrons. The number of hydrogen-bond donors (Lipinski definition) is 1. The van der Waals surface area contributed by atoms with Crippen LogP contribution in [-0.4, -0.2) is 60.9 Å². The predicted octanol–water partition coefficient (Wildman–Crippen LogP) is 1.60. The lowest BCUT2D eigenvalue weighted by atomic mass is 10.1. The lowest BCUT2D eigenvalue weighted by molar-refractivity contribution is 0.0757. The molecule has 1 aliphatic rings. The van der Waals surface area contributed by atoms with Gasteiger partial charge in [-0.2, -0.15) is 0 Å². The Kier molecular flexibility index (Phi) is 5.95. The molecule has 5 heteroatoms. The van der Waals surface area contributed by atoms with Gasteiger partial charge in [-0.3, -0.25) is 9.59 Å². The van der Waals surface area contributed by atoms with Crippen LogP contribution in [0.4, 0.5) is 0 Å². The van der Waals surface area contributed by atoms with E-state index >= 15 is 0 Å². The fraction of sp³-hybridized carbons (Fsp3) is 0.529. The minimum absolute atomic E-state index is 0.0166. The number of hydrogen-bond acceptors (Lipinski definition) is 3. The van der Waals surface area contributed by atoms with Crippen molar-refractivity contribution in [3.8, 4) is 0 Å². The van der Waals surface area contributed by atoms with Crippen molar-refractivity contribution in [3.05, 3.63) is 35.4 Å².